The highest BCUT2D eigenvalue weighted by atomic mass is 16.5. The van der Waals surface area contributed by atoms with Crippen molar-refractivity contribution >= 4 is 5.91 Å². The van der Waals surface area contributed by atoms with Crippen LogP contribution in [0.1, 0.15) is 56.8 Å². The molecule has 0 aromatic heterocycles. The van der Waals surface area contributed by atoms with Gasteiger partial charge in [-0.2, -0.15) is 0 Å². The summed E-state index contributed by atoms with van der Waals surface area (Å²) in [5.74, 6) is 6.99. The Bertz CT molecular complexity index is 654. The molecule has 1 heterocycles. The number of ether oxygens (including phenoxy) is 1. The van der Waals surface area contributed by atoms with Gasteiger partial charge in [-0.15, -0.1) is 24.7 Å². The van der Waals surface area contributed by atoms with Crippen molar-refractivity contribution in [2.24, 2.45) is 5.92 Å². The maximum atomic E-state index is 11.1. The summed E-state index contributed by atoms with van der Waals surface area (Å²) in [6.07, 6.45) is 12.2. The lowest BCUT2D eigenvalue weighted by atomic mass is 10.1. The molecule has 0 spiro atoms. The smallest absolute Gasteiger partial charge is 0.220 e. The van der Waals surface area contributed by atoms with Crippen molar-refractivity contribution in [1.29, 1.82) is 0 Å². The number of aryl methyl sites for hydroxylation is 1. The van der Waals surface area contributed by atoms with Gasteiger partial charge < -0.3 is 15.2 Å². The predicted molar refractivity (Wildman–Crippen MR) is 105 cm³/mol. The minimum absolute atomic E-state index is 0.112. The molecular weight excluding hydrogens is 326 g/mol. The maximum Gasteiger partial charge on any atom is 0.220 e. The zero-order valence-electron chi connectivity index (χ0n) is 15.8. The van der Waals surface area contributed by atoms with Gasteiger partial charge in [0.25, 0.3) is 0 Å². The van der Waals surface area contributed by atoms with Gasteiger partial charge in [0.15, 0.2) is 0 Å². The van der Waals surface area contributed by atoms with E-state index in [4.69, 9.17) is 4.74 Å². The number of aliphatic hydroxyl groups is 1. The predicted octanol–water partition coefficient (Wildman–Crippen LogP) is 3.24. The van der Waals surface area contributed by atoms with Gasteiger partial charge in [0.05, 0.1) is 12.7 Å². The number of rotatable bonds is 4. The van der Waals surface area contributed by atoms with E-state index < -0.39 is 0 Å². The highest BCUT2D eigenvalue weighted by Crippen LogP contribution is 2.33. The van der Waals surface area contributed by atoms with E-state index in [9.17, 15) is 9.90 Å². The van der Waals surface area contributed by atoms with Crippen LogP contribution in [0.15, 0.2) is 18.2 Å². The molecule has 1 aliphatic heterocycles. The Morgan fingerprint density at radius 3 is 2.73 bits per heavy atom. The highest BCUT2D eigenvalue weighted by Gasteiger charge is 2.23. The normalized spacial score (nSPS) is 19.5. The summed E-state index contributed by atoms with van der Waals surface area (Å²) in [5, 5.41) is 12.5. The molecule has 1 aromatic rings. The first kappa shape index (κ1) is 21.6. The fraction of sp³-hybridized carbons (Fsp3) is 0.500. The molecule has 4 heteroatoms. The third-order valence-corrected chi connectivity index (χ3v) is 4.26. The molecule has 2 atom stereocenters. The Balaban J connectivity index is 0.000000363. The van der Waals surface area contributed by atoms with Crippen molar-refractivity contribution < 1.29 is 14.6 Å². The van der Waals surface area contributed by atoms with Crippen molar-refractivity contribution in [1.82, 2.24) is 5.32 Å². The summed E-state index contributed by atoms with van der Waals surface area (Å²) >= 11 is 0. The topological polar surface area (TPSA) is 58.6 Å². The molecule has 1 fully saturated rings. The van der Waals surface area contributed by atoms with Crippen LogP contribution in [0.25, 0.3) is 0 Å². The number of nitrogens with one attached hydrogen (secondary N) is 1. The van der Waals surface area contributed by atoms with E-state index in [-0.39, 0.29) is 17.9 Å². The number of benzene rings is 1. The van der Waals surface area contributed by atoms with Crippen molar-refractivity contribution in [3.05, 3.63) is 29.3 Å². The van der Waals surface area contributed by atoms with Crippen LogP contribution in [-0.2, 0) is 11.2 Å². The number of hydrogen-bond donors (Lipinski definition) is 2. The number of hydrogen-bond acceptors (Lipinski definition) is 3. The first-order valence-corrected chi connectivity index (χ1v) is 9.07. The molecule has 1 saturated heterocycles. The summed E-state index contributed by atoms with van der Waals surface area (Å²) in [6.45, 7) is 5.28. The Hall–Kier alpha value is -2.43. The molecule has 0 bridgehead atoms. The van der Waals surface area contributed by atoms with Gasteiger partial charge in [-0.3, -0.25) is 4.79 Å². The van der Waals surface area contributed by atoms with E-state index in [2.05, 4.69) is 36.9 Å². The van der Waals surface area contributed by atoms with Gasteiger partial charge in [-0.05, 0) is 49.4 Å². The average Bonchev–Trinajstić information content (AvgIpc) is 3.26. The van der Waals surface area contributed by atoms with Crippen LogP contribution < -0.4 is 10.1 Å². The molecule has 2 aliphatic rings. The summed E-state index contributed by atoms with van der Waals surface area (Å²) in [7, 11) is 0. The van der Waals surface area contributed by atoms with E-state index in [0.29, 0.717) is 19.6 Å². The first-order valence-electron chi connectivity index (χ1n) is 9.07. The van der Waals surface area contributed by atoms with Crippen LogP contribution in [0.2, 0.25) is 0 Å². The van der Waals surface area contributed by atoms with Gasteiger partial charge in [-0.25, -0.2) is 0 Å². The summed E-state index contributed by atoms with van der Waals surface area (Å²) < 4.78 is 5.72. The molecule has 4 nitrogen and oxygen atoms in total. The second-order valence-corrected chi connectivity index (χ2v) is 6.28. The lowest BCUT2D eigenvalue weighted by molar-refractivity contribution is -0.119. The van der Waals surface area contributed by atoms with Crippen molar-refractivity contribution in [3.8, 4) is 30.4 Å². The fourth-order valence-electron chi connectivity index (χ4n) is 2.91. The maximum absolute atomic E-state index is 11.1. The molecule has 0 saturated carbocycles. The largest absolute Gasteiger partial charge is 0.493 e. The van der Waals surface area contributed by atoms with E-state index in [1.54, 1.807) is 0 Å². The van der Waals surface area contributed by atoms with Gasteiger partial charge >= 0.3 is 0 Å². The molecule has 1 amide bonds. The molecule has 26 heavy (non-hydrogen) atoms. The Kier molecular flexibility index (Phi) is 9.98. The van der Waals surface area contributed by atoms with Crippen LogP contribution in [0.5, 0.6) is 5.75 Å². The van der Waals surface area contributed by atoms with Gasteiger partial charge in [-0.1, -0.05) is 13.0 Å². The molecule has 3 rings (SSSR count). The number of aliphatic hydroxyl groups excluding tert-OH is 1. The molecule has 1 aromatic carbocycles. The quantitative estimate of drug-likeness (QED) is 0.815. The van der Waals surface area contributed by atoms with E-state index in [1.807, 2.05) is 25.1 Å². The number of carbonyl (C=O) groups excluding carboxylic acids is 1. The number of carbonyl (C=O) groups is 1. The molecule has 0 radical (unpaired) electrons. The third kappa shape index (κ3) is 6.82. The van der Waals surface area contributed by atoms with Gasteiger partial charge in [0, 0.05) is 25.3 Å². The van der Waals surface area contributed by atoms with Crippen LogP contribution in [0.4, 0.5) is 0 Å². The number of fused-ring (bicyclic) bond motifs is 1. The van der Waals surface area contributed by atoms with Crippen LogP contribution in [-0.4, -0.2) is 24.2 Å². The number of unbranched alkanes of at least 4 members (excludes halogenated alkanes) is 1. The second kappa shape index (κ2) is 12.0. The van der Waals surface area contributed by atoms with Crippen molar-refractivity contribution in [3.63, 3.8) is 0 Å². The Morgan fingerprint density at radius 2 is 2.15 bits per heavy atom. The summed E-state index contributed by atoms with van der Waals surface area (Å²) in [4.78, 5) is 11.1. The van der Waals surface area contributed by atoms with Crippen LogP contribution >= 0.6 is 0 Å². The standard InChI is InChI=1S/C14H17NO3.C6H10.C2H2/c16-13-4-1-10-6-11(2-3-12(10)13)18-8-9-5-14(17)15-7-9;1-3-5-6-4-2;1-2/h2-3,6,9,13,16H,1,4-5,7-8H2,(H,15,17);3,5H2,1-2H3;1-2H/t9-,13?;;/m1../s1. The average molecular weight is 355 g/mol. The highest BCUT2D eigenvalue weighted by molar-refractivity contribution is 5.78. The van der Waals surface area contributed by atoms with Crippen LogP contribution in [0.3, 0.4) is 0 Å². The third-order valence-electron chi connectivity index (χ3n) is 4.26. The Morgan fingerprint density at radius 1 is 1.38 bits per heavy atom. The van der Waals surface area contributed by atoms with Gasteiger partial charge in [0.2, 0.25) is 5.91 Å². The van der Waals surface area contributed by atoms with Crippen molar-refractivity contribution in [2.45, 2.75) is 52.1 Å². The zero-order chi connectivity index (χ0) is 19.4. The van der Waals surface area contributed by atoms with Gasteiger partial charge in [0.1, 0.15) is 5.75 Å². The zero-order valence-corrected chi connectivity index (χ0v) is 15.8. The minimum Gasteiger partial charge on any atom is -0.493 e. The summed E-state index contributed by atoms with van der Waals surface area (Å²) in [6, 6.07) is 5.85. The molecular formula is C22H29NO3. The summed E-state index contributed by atoms with van der Waals surface area (Å²) in [5.41, 5.74) is 2.21. The SMILES string of the molecule is C#C.CC#CCCC.O=C1C[C@@H](COc2ccc3c(c2)CCC3O)CN1. The van der Waals surface area contributed by atoms with Crippen molar-refractivity contribution in [2.75, 3.05) is 13.2 Å². The number of amides is 1. The van der Waals surface area contributed by atoms with E-state index >= 15 is 0 Å². The molecule has 2 N–H and O–H groups in total. The fourth-order valence-corrected chi connectivity index (χ4v) is 2.91. The first-order chi connectivity index (χ1) is 12.6. The van der Waals surface area contributed by atoms with Crippen LogP contribution in [0, 0.1) is 30.6 Å². The number of terminal acetylenes is 1. The minimum atomic E-state index is -0.314. The monoisotopic (exact) mass is 355 g/mol. The van der Waals surface area contributed by atoms with E-state index in [1.165, 1.54) is 12.0 Å². The second-order valence-electron chi connectivity index (χ2n) is 6.28. The van der Waals surface area contributed by atoms with E-state index in [0.717, 1.165) is 30.6 Å². The lowest BCUT2D eigenvalue weighted by Gasteiger charge is -2.11. The molecule has 1 unspecified atom stereocenters. The molecule has 140 valence electrons. The Labute approximate surface area is 157 Å². The molecule has 1 aliphatic carbocycles. The lowest BCUT2D eigenvalue weighted by Crippen LogP contribution is -2.16.